The Kier molecular flexibility index (Phi) is 6.10. The highest BCUT2D eigenvalue weighted by Crippen LogP contribution is 2.60. The van der Waals surface area contributed by atoms with Crippen molar-refractivity contribution < 1.29 is 13.2 Å². The quantitative estimate of drug-likeness (QED) is 0.403. The Morgan fingerprint density at radius 2 is 1.49 bits per heavy atom. The SMILES string of the molecule is Cc1cccc(N(CC(=O)Nc2ccc(C34CC5CC(CC(C5)C3)C4)cc2)S(=O)(=O)c2ccccc2)c1. The number of amides is 1. The van der Waals surface area contributed by atoms with Crippen molar-refractivity contribution in [1.29, 1.82) is 0 Å². The van der Waals surface area contributed by atoms with Crippen LogP contribution < -0.4 is 9.62 Å². The lowest BCUT2D eigenvalue weighted by Crippen LogP contribution is -2.48. The molecule has 5 nitrogen and oxygen atoms in total. The summed E-state index contributed by atoms with van der Waals surface area (Å²) >= 11 is 0. The minimum atomic E-state index is -3.92. The number of aryl methyl sites for hydroxylation is 1. The van der Waals surface area contributed by atoms with Crippen LogP contribution in [0, 0.1) is 24.7 Å². The van der Waals surface area contributed by atoms with E-state index in [4.69, 9.17) is 0 Å². The average Bonchev–Trinajstić information content (AvgIpc) is 2.87. The van der Waals surface area contributed by atoms with Crippen molar-refractivity contribution in [3.63, 3.8) is 0 Å². The van der Waals surface area contributed by atoms with Crippen molar-refractivity contribution in [2.75, 3.05) is 16.2 Å². The van der Waals surface area contributed by atoms with Crippen molar-refractivity contribution in [2.24, 2.45) is 17.8 Å². The summed E-state index contributed by atoms with van der Waals surface area (Å²) in [5.74, 6) is 2.27. The molecule has 0 unspecified atom stereocenters. The predicted molar refractivity (Wildman–Crippen MR) is 147 cm³/mol. The van der Waals surface area contributed by atoms with Crippen LogP contribution in [0.25, 0.3) is 0 Å². The van der Waals surface area contributed by atoms with Crippen LogP contribution in [0.2, 0.25) is 0 Å². The minimum Gasteiger partial charge on any atom is -0.325 e. The highest BCUT2D eigenvalue weighted by molar-refractivity contribution is 7.92. The van der Waals surface area contributed by atoms with E-state index in [0.29, 0.717) is 16.8 Å². The first-order valence-electron chi connectivity index (χ1n) is 13.4. The van der Waals surface area contributed by atoms with E-state index in [1.165, 1.54) is 48.4 Å². The van der Waals surface area contributed by atoms with Gasteiger partial charge in [-0.25, -0.2) is 8.42 Å². The van der Waals surface area contributed by atoms with Gasteiger partial charge in [-0.1, -0.05) is 42.5 Å². The van der Waals surface area contributed by atoms with Crippen LogP contribution >= 0.6 is 0 Å². The van der Waals surface area contributed by atoms with Gasteiger partial charge in [-0.3, -0.25) is 9.10 Å². The zero-order valence-corrected chi connectivity index (χ0v) is 22.1. The van der Waals surface area contributed by atoms with Gasteiger partial charge in [-0.05, 0) is 116 Å². The van der Waals surface area contributed by atoms with Crippen LogP contribution in [-0.4, -0.2) is 20.9 Å². The van der Waals surface area contributed by atoms with Crippen molar-refractivity contribution in [2.45, 2.75) is 55.8 Å². The van der Waals surface area contributed by atoms with E-state index in [9.17, 15) is 13.2 Å². The predicted octanol–water partition coefficient (Wildman–Crippen LogP) is 6.30. The first-order chi connectivity index (χ1) is 17.8. The van der Waals surface area contributed by atoms with Crippen molar-refractivity contribution in [3.05, 3.63) is 90.0 Å². The fourth-order valence-corrected chi connectivity index (χ4v) is 8.95. The summed E-state index contributed by atoms with van der Waals surface area (Å²) in [4.78, 5) is 13.3. The largest absolute Gasteiger partial charge is 0.325 e. The summed E-state index contributed by atoms with van der Waals surface area (Å²) in [6, 6.07) is 23.8. The molecular weight excluding hydrogens is 480 g/mol. The van der Waals surface area contributed by atoms with Gasteiger partial charge >= 0.3 is 0 Å². The fraction of sp³-hybridized carbons (Fsp3) is 0.387. The lowest BCUT2D eigenvalue weighted by molar-refractivity contribution is -0.114. The van der Waals surface area contributed by atoms with E-state index in [-0.39, 0.29) is 17.3 Å². The number of nitrogens with zero attached hydrogens (tertiary/aromatic N) is 1. The second-order valence-corrected chi connectivity index (χ2v) is 13.3. The first-order valence-corrected chi connectivity index (χ1v) is 14.8. The standard InChI is InChI=1S/C31H34N2O3S/c1-22-6-5-7-28(14-22)33(37(35,36)29-8-3-2-4-9-29)21-30(34)32-27-12-10-26(11-13-27)31-18-23-15-24(19-31)17-25(16-23)20-31/h2-14,23-25H,15-21H2,1H3,(H,32,34). The second-order valence-electron chi connectivity index (χ2n) is 11.5. The van der Waals surface area contributed by atoms with Crippen molar-refractivity contribution in [3.8, 4) is 0 Å². The molecule has 0 heterocycles. The number of anilines is 2. The van der Waals surface area contributed by atoms with Crippen LogP contribution in [0.4, 0.5) is 11.4 Å². The fourth-order valence-electron chi connectivity index (χ4n) is 7.52. The molecule has 4 aliphatic rings. The molecule has 0 aliphatic heterocycles. The van der Waals surface area contributed by atoms with Gasteiger partial charge in [-0.2, -0.15) is 0 Å². The molecule has 0 spiro atoms. The Balaban J connectivity index is 1.21. The van der Waals surface area contributed by atoms with Crippen LogP contribution in [0.3, 0.4) is 0 Å². The van der Waals surface area contributed by atoms with Crippen LogP contribution in [0.1, 0.15) is 49.7 Å². The van der Waals surface area contributed by atoms with Gasteiger partial charge in [0.25, 0.3) is 10.0 Å². The highest BCUT2D eigenvalue weighted by Gasteiger charge is 2.51. The number of carbonyl (C=O) groups excluding carboxylic acids is 1. The summed E-state index contributed by atoms with van der Waals surface area (Å²) < 4.78 is 28.2. The van der Waals surface area contributed by atoms with Crippen LogP contribution in [0.5, 0.6) is 0 Å². The van der Waals surface area contributed by atoms with Gasteiger partial charge in [0, 0.05) is 5.69 Å². The summed E-state index contributed by atoms with van der Waals surface area (Å²) in [7, 11) is -3.92. The summed E-state index contributed by atoms with van der Waals surface area (Å²) in [5, 5.41) is 2.94. The molecule has 6 heteroatoms. The molecule has 192 valence electrons. The number of rotatable bonds is 7. The topological polar surface area (TPSA) is 66.5 Å². The molecule has 4 fully saturated rings. The van der Waals surface area contributed by atoms with E-state index in [0.717, 1.165) is 23.3 Å². The molecule has 0 radical (unpaired) electrons. The highest BCUT2D eigenvalue weighted by atomic mass is 32.2. The maximum Gasteiger partial charge on any atom is 0.264 e. The van der Waals surface area contributed by atoms with Crippen LogP contribution in [0.15, 0.2) is 83.8 Å². The third kappa shape index (κ3) is 4.68. The van der Waals surface area contributed by atoms with Crippen molar-refractivity contribution >= 4 is 27.3 Å². The van der Waals surface area contributed by atoms with Gasteiger partial charge in [0.15, 0.2) is 0 Å². The first kappa shape index (κ1) is 24.2. The van der Waals surface area contributed by atoms with Gasteiger partial charge in [-0.15, -0.1) is 0 Å². The number of hydrogen-bond donors (Lipinski definition) is 1. The number of nitrogens with one attached hydrogen (secondary N) is 1. The molecule has 0 aromatic heterocycles. The van der Waals surface area contributed by atoms with E-state index in [2.05, 4.69) is 17.4 Å². The van der Waals surface area contributed by atoms with E-state index >= 15 is 0 Å². The number of benzene rings is 3. The smallest absolute Gasteiger partial charge is 0.264 e. The molecule has 0 saturated heterocycles. The van der Waals surface area contributed by atoms with Gasteiger partial charge < -0.3 is 5.32 Å². The number of hydrogen-bond acceptors (Lipinski definition) is 3. The summed E-state index contributed by atoms with van der Waals surface area (Å²) in [6.07, 6.45) is 8.14. The molecule has 37 heavy (non-hydrogen) atoms. The third-order valence-electron chi connectivity index (χ3n) is 8.73. The Bertz CT molecular complexity index is 1360. The molecule has 4 bridgehead atoms. The molecule has 0 atom stereocenters. The molecule has 3 aromatic carbocycles. The monoisotopic (exact) mass is 514 g/mol. The van der Waals surface area contributed by atoms with Gasteiger partial charge in [0.05, 0.1) is 10.6 Å². The van der Waals surface area contributed by atoms with E-state index in [1.807, 2.05) is 25.1 Å². The molecule has 3 aromatic rings. The number of carbonyl (C=O) groups is 1. The maximum absolute atomic E-state index is 13.5. The maximum atomic E-state index is 13.5. The third-order valence-corrected chi connectivity index (χ3v) is 10.5. The lowest BCUT2D eigenvalue weighted by Gasteiger charge is -2.57. The van der Waals surface area contributed by atoms with Gasteiger partial charge in [0.2, 0.25) is 5.91 Å². The van der Waals surface area contributed by atoms with Crippen molar-refractivity contribution in [1.82, 2.24) is 0 Å². The summed E-state index contributed by atoms with van der Waals surface area (Å²) in [5.41, 5.74) is 3.79. The number of sulfonamides is 1. The zero-order chi connectivity index (χ0) is 25.6. The second kappa shape index (κ2) is 9.32. The lowest BCUT2D eigenvalue weighted by atomic mass is 9.48. The molecule has 7 rings (SSSR count). The zero-order valence-electron chi connectivity index (χ0n) is 21.3. The Hall–Kier alpha value is -3.12. The van der Waals surface area contributed by atoms with E-state index < -0.39 is 10.0 Å². The molecule has 1 amide bonds. The van der Waals surface area contributed by atoms with E-state index in [1.54, 1.807) is 48.5 Å². The van der Waals surface area contributed by atoms with Crippen LogP contribution in [-0.2, 0) is 20.2 Å². The Morgan fingerprint density at radius 1 is 0.865 bits per heavy atom. The average molecular weight is 515 g/mol. The summed E-state index contributed by atoms with van der Waals surface area (Å²) in [6.45, 7) is 1.60. The molecular formula is C31H34N2O3S. The molecule has 1 N–H and O–H groups in total. The normalized spacial score (nSPS) is 26.1. The molecule has 4 aliphatic carbocycles. The molecule has 4 saturated carbocycles. The Morgan fingerprint density at radius 3 is 2.08 bits per heavy atom. The Labute approximate surface area is 220 Å². The minimum absolute atomic E-state index is 0.157. The van der Waals surface area contributed by atoms with Gasteiger partial charge in [0.1, 0.15) is 6.54 Å².